The van der Waals surface area contributed by atoms with Crippen LogP contribution in [0.2, 0.25) is 5.02 Å². The van der Waals surface area contributed by atoms with E-state index in [4.69, 9.17) is 11.6 Å². The summed E-state index contributed by atoms with van der Waals surface area (Å²) < 4.78 is 23.4. The lowest BCUT2D eigenvalue weighted by Crippen LogP contribution is -1.97. The Labute approximate surface area is 69.1 Å². The number of aromatic nitrogens is 2. The van der Waals surface area contributed by atoms with Crippen LogP contribution in [0.4, 0.5) is 8.78 Å². The molecule has 1 rings (SSSR count). The molecule has 0 aliphatic carbocycles. The Morgan fingerprint density at radius 2 is 2.09 bits per heavy atom. The Kier molecular flexibility index (Phi) is 2.56. The Hall–Kier alpha value is -0.490. The molecule has 0 bridgehead atoms. The van der Waals surface area contributed by atoms with Gasteiger partial charge in [0, 0.05) is 0 Å². The zero-order valence-electron chi connectivity index (χ0n) is 5.03. The van der Waals surface area contributed by atoms with Crippen LogP contribution in [-0.2, 0) is 0 Å². The minimum absolute atomic E-state index is 0.0355. The van der Waals surface area contributed by atoms with Gasteiger partial charge in [-0.1, -0.05) is 11.6 Å². The molecule has 3 nitrogen and oxygen atoms in total. The van der Waals surface area contributed by atoms with Gasteiger partial charge in [0.1, 0.15) is 10.0 Å². The Morgan fingerprint density at radius 1 is 1.45 bits per heavy atom. The quantitative estimate of drug-likeness (QED) is 0.714. The lowest BCUT2D eigenvalue weighted by molar-refractivity contribution is 0.252. The van der Waals surface area contributed by atoms with E-state index in [0.717, 1.165) is 0 Å². The Bertz CT molecular complexity index is 297. The van der Waals surface area contributed by atoms with Gasteiger partial charge in [-0.3, -0.25) is 15.0 Å². The van der Waals surface area contributed by atoms with Crippen molar-refractivity contribution in [3.8, 4) is 0 Å². The van der Waals surface area contributed by atoms with E-state index in [1.54, 1.807) is 0 Å². The van der Waals surface area contributed by atoms with Crippen LogP contribution in [0, 0.1) is 0 Å². The van der Waals surface area contributed by atoms with Gasteiger partial charge in [0.25, 0.3) is 11.3 Å². The maximum absolute atomic E-state index is 11.7. The van der Waals surface area contributed by atoms with Crippen molar-refractivity contribution in [1.29, 1.82) is 0 Å². The topological polar surface area (TPSA) is 48.6 Å². The third-order valence-electron chi connectivity index (χ3n) is 0.895. The van der Waals surface area contributed by atoms with Crippen LogP contribution in [0.5, 0.6) is 0 Å². The van der Waals surface area contributed by atoms with Gasteiger partial charge < -0.3 is 0 Å². The van der Waals surface area contributed by atoms with Gasteiger partial charge in [-0.05, 0) is 11.8 Å². The Balaban J connectivity index is 2.87. The maximum Gasteiger partial charge on any atom is 0.290 e. The summed E-state index contributed by atoms with van der Waals surface area (Å²) in [5, 5.41) is 4.03. The molecule has 0 amide bonds. The van der Waals surface area contributed by atoms with Gasteiger partial charge in [-0.25, -0.2) is 0 Å². The first-order chi connectivity index (χ1) is 5.11. The summed E-state index contributed by atoms with van der Waals surface area (Å²) in [6, 6.07) is 0. The van der Waals surface area contributed by atoms with E-state index < -0.39 is 11.3 Å². The van der Waals surface area contributed by atoms with Crippen molar-refractivity contribution in [2.45, 2.75) is 10.8 Å². The number of H-pyrrole nitrogens is 2. The summed E-state index contributed by atoms with van der Waals surface area (Å²) in [6.07, 6.45) is 0. The minimum Gasteiger partial charge on any atom is -0.290 e. The van der Waals surface area contributed by atoms with Gasteiger partial charge in [0.15, 0.2) is 0 Å². The number of rotatable bonds is 2. The number of aromatic amines is 2. The molecule has 0 spiro atoms. The van der Waals surface area contributed by atoms with E-state index >= 15 is 0 Å². The second kappa shape index (κ2) is 3.27. The first-order valence-corrected chi connectivity index (χ1v) is 3.78. The van der Waals surface area contributed by atoms with Crippen LogP contribution in [0.1, 0.15) is 0 Å². The van der Waals surface area contributed by atoms with E-state index in [0.29, 0.717) is 0 Å². The van der Waals surface area contributed by atoms with Crippen molar-refractivity contribution < 1.29 is 8.78 Å². The summed E-state index contributed by atoms with van der Waals surface area (Å²) in [5.74, 6) is -2.58. The van der Waals surface area contributed by atoms with Crippen molar-refractivity contribution in [3.05, 3.63) is 15.4 Å². The van der Waals surface area contributed by atoms with Crippen molar-refractivity contribution in [2.75, 3.05) is 0 Å². The highest BCUT2D eigenvalue weighted by Gasteiger charge is 2.12. The lowest BCUT2D eigenvalue weighted by Gasteiger charge is -1.93. The molecule has 0 radical (unpaired) electrons. The summed E-state index contributed by atoms with van der Waals surface area (Å²) in [6.45, 7) is 0. The monoisotopic (exact) mass is 200 g/mol. The van der Waals surface area contributed by atoms with Crippen LogP contribution in [-0.4, -0.2) is 16.0 Å². The number of nitrogens with one attached hydrogen (secondary N) is 2. The van der Waals surface area contributed by atoms with Gasteiger partial charge >= 0.3 is 0 Å². The predicted octanol–water partition coefficient (Wildman–Crippen LogP) is 1.67. The van der Waals surface area contributed by atoms with Crippen molar-refractivity contribution >= 4 is 23.4 Å². The highest BCUT2D eigenvalue weighted by molar-refractivity contribution is 7.99. The summed E-state index contributed by atoms with van der Waals surface area (Å²) in [4.78, 5) is 10.5. The van der Waals surface area contributed by atoms with Crippen LogP contribution < -0.4 is 5.56 Å². The fourth-order valence-electron chi connectivity index (χ4n) is 0.497. The number of hydrogen-bond acceptors (Lipinski definition) is 2. The molecule has 2 N–H and O–H groups in total. The summed E-state index contributed by atoms with van der Waals surface area (Å²) in [5.41, 5.74) is -0.588. The molecule has 0 aliphatic heterocycles. The van der Waals surface area contributed by atoms with Crippen LogP contribution in [0.15, 0.2) is 9.82 Å². The molecule has 0 atom stereocenters. The molecule has 0 saturated carbocycles. The fourth-order valence-corrected chi connectivity index (χ4v) is 1.21. The number of thioether (sulfide) groups is 1. The van der Waals surface area contributed by atoms with Crippen LogP contribution in [0.25, 0.3) is 0 Å². The third-order valence-corrected chi connectivity index (χ3v) is 2.09. The molecule has 0 fully saturated rings. The normalized spacial score (nSPS) is 10.9. The smallest absolute Gasteiger partial charge is 0.290 e. The predicted molar refractivity (Wildman–Crippen MR) is 38.3 cm³/mol. The third kappa shape index (κ3) is 1.97. The van der Waals surface area contributed by atoms with Gasteiger partial charge in [0.2, 0.25) is 0 Å². The zero-order valence-corrected chi connectivity index (χ0v) is 6.60. The van der Waals surface area contributed by atoms with E-state index in [9.17, 15) is 13.6 Å². The number of hydrogen-bond donors (Lipinski definition) is 2. The van der Waals surface area contributed by atoms with Crippen molar-refractivity contribution in [1.82, 2.24) is 10.2 Å². The van der Waals surface area contributed by atoms with Crippen molar-refractivity contribution in [3.63, 3.8) is 0 Å². The second-order valence-corrected chi connectivity index (χ2v) is 2.98. The van der Waals surface area contributed by atoms with E-state index in [1.807, 2.05) is 0 Å². The summed E-state index contributed by atoms with van der Waals surface area (Å²) in [7, 11) is 0. The number of halogens is 3. The average molecular weight is 201 g/mol. The lowest BCUT2D eigenvalue weighted by atomic mass is 10.7. The minimum atomic E-state index is -2.58. The zero-order chi connectivity index (χ0) is 8.43. The average Bonchev–Trinajstić information content (AvgIpc) is 2.18. The number of alkyl halides is 2. The summed E-state index contributed by atoms with van der Waals surface area (Å²) >= 11 is 5.52. The first-order valence-electron chi connectivity index (χ1n) is 2.52. The maximum atomic E-state index is 11.7. The molecule has 0 aliphatic rings. The molecular formula is C4H3ClF2N2OS. The largest absolute Gasteiger partial charge is 0.290 e. The van der Waals surface area contributed by atoms with Crippen LogP contribution in [0.3, 0.4) is 0 Å². The van der Waals surface area contributed by atoms with Crippen LogP contribution >= 0.6 is 23.4 Å². The second-order valence-electron chi connectivity index (χ2n) is 1.60. The molecule has 11 heavy (non-hydrogen) atoms. The van der Waals surface area contributed by atoms with Gasteiger partial charge in [-0.15, -0.1) is 0 Å². The highest BCUT2D eigenvalue weighted by Crippen LogP contribution is 2.26. The van der Waals surface area contributed by atoms with Gasteiger partial charge in [-0.2, -0.15) is 8.78 Å². The van der Waals surface area contributed by atoms with Gasteiger partial charge in [0.05, 0.1) is 0 Å². The van der Waals surface area contributed by atoms with E-state index in [-0.39, 0.29) is 21.8 Å². The SMILES string of the molecule is O=c1[nH][nH]c(SC(F)F)c1Cl. The molecular weight excluding hydrogens is 198 g/mol. The molecule has 0 saturated heterocycles. The molecule has 62 valence electrons. The van der Waals surface area contributed by atoms with E-state index in [2.05, 4.69) is 10.2 Å². The Morgan fingerprint density at radius 3 is 2.45 bits per heavy atom. The molecule has 1 heterocycles. The molecule has 7 heteroatoms. The molecule has 1 aromatic rings. The first kappa shape index (κ1) is 8.61. The highest BCUT2D eigenvalue weighted by atomic mass is 35.5. The molecule has 0 aromatic carbocycles. The molecule has 0 unspecified atom stereocenters. The van der Waals surface area contributed by atoms with Crippen molar-refractivity contribution in [2.24, 2.45) is 0 Å². The van der Waals surface area contributed by atoms with E-state index in [1.165, 1.54) is 0 Å². The fraction of sp³-hybridized carbons (Fsp3) is 0.250. The molecule has 1 aromatic heterocycles. The standard InChI is InChI=1S/C4H3ClF2N2OS/c5-1-2(10)8-9-3(1)11-4(6)7/h4H,(H2,8,9,10).